The standard InChI is InChI=1S/C27H25N3O2/c1-31-24-11-10-18(15-25(24)32-2)26-22-14-17-6-3-4-7-19(17)20(22)12-13-30(26)27-21-8-5-9-23(21)28-16-29-27/h3-8,10-11,15-16,26H,9,12-14H2,1-2H3. The van der Waals surface area contributed by atoms with Crippen LogP contribution in [0.4, 0.5) is 5.82 Å². The summed E-state index contributed by atoms with van der Waals surface area (Å²) in [6.07, 6.45) is 8.90. The predicted molar refractivity (Wildman–Crippen MR) is 126 cm³/mol. The van der Waals surface area contributed by atoms with Gasteiger partial charge in [-0.05, 0) is 52.8 Å². The SMILES string of the molecule is COc1ccc(C2C3=C(CCN2c2ncnc4c2C=CC4)c2ccccc2C3)cc1OC. The molecule has 2 aliphatic carbocycles. The van der Waals surface area contributed by atoms with Crippen molar-refractivity contribution in [3.8, 4) is 11.5 Å². The fourth-order valence-electron chi connectivity index (χ4n) is 5.46. The zero-order chi connectivity index (χ0) is 21.7. The van der Waals surface area contributed by atoms with Gasteiger partial charge >= 0.3 is 0 Å². The molecule has 6 rings (SSSR count). The van der Waals surface area contributed by atoms with E-state index >= 15 is 0 Å². The van der Waals surface area contributed by atoms with Crippen molar-refractivity contribution in [2.24, 2.45) is 0 Å². The van der Waals surface area contributed by atoms with Crippen LogP contribution in [0.25, 0.3) is 11.6 Å². The lowest BCUT2D eigenvalue weighted by molar-refractivity contribution is 0.354. The van der Waals surface area contributed by atoms with Gasteiger partial charge in [0.2, 0.25) is 0 Å². The number of allylic oxidation sites excluding steroid dienone is 1. The van der Waals surface area contributed by atoms with Crippen molar-refractivity contribution in [3.05, 3.63) is 88.4 Å². The molecule has 0 N–H and O–H groups in total. The quantitative estimate of drug-likeness (QED) is 0.589. The number of hydrogen-bond acceptors (Lipinski definition) is 5. The largest absolute Gasteiger partial charge is 0.493 e. The molecule has 2 aromatic carbocycles. The highest BCUT2D eigenvalue weighted by Gasteiger charge is 2.37. The van der Waals surface area contributed by atoms with Gasteiger partial charge in [0.25, 0.3) is 0 Å². The number of nitrogens with zero attached hydrogens (tertiary/aromatic N) is 3. The number of rotatable bonds is 4. The van der Waals surface area contributed by atoms with E-state index in [0.717, 1.165) is 54.4 Å². The number of ether oxygens (including phenoxy) is 2. The molecule has 1 aromatic heterocycles. The fourth-order valence-corrected chi connectivity index (χ4v) is 5.46. The van der Waals surface area contributed by atoms with E-state index in [1.54, 1.807) is 20.5 Å². The van der Waals surface area contributed by atoms with E-state index in [1.807, 2.05) is 6.07 Å². The van der Waals surface area contributed by atoms with Crippen LogP contribution in [-0.2, 0) is 12.8 Å². The van der Waals surface area contributed by atoms with Gasteiger partial charge in [-0.1, -0.05) is 42.5 Å². The minimum absolute atomic E-state index is 0.0824. The number of hydrogen-bond donors (Lipinski definition) is 0. The lowest BCUT2D eigenvalue weighted by atomic mass is 9.88. The van der Waals surface area contributed by atoms with Gasteiger partial charge in [0.1, 0.15) is 12.1 Å². The van der Waals surface area contributed by atoms with Gasteiger partial charge in [-0.2, -0.15) is 0 Å². The Kier molecular flexibility index (Phi) is 4.49. The molecule has 3 aromatic rings. The van der Waals surface area contributed by atoms with Gasteiger partial charge in [0.05, 0.1) is 26.0 Å². The predicted octanol–water partition coefficient (Wildman–Crippen LogP) is 5.02. The number of methoxy groups -OCH3 is 2. The van der Waals surface area contributed by atoms with Gasteiger partial charge in [0, 0.05) is 18.5 Å². The molecule has 0 bridgehead atoms. The summed E-state index contributed by atoms with van der Waals surface area (Å²) in [5, 5.41) is 0. The Morgan fingerprint density at radius 2 is 1.88 bits per heavy atom. The smallest absolute Gasteiger partial charge is 0.161 e. The Morgan fingerprint density at radius 3 is 2.75 bits per heavy atom. The summed E-state index contributed by atoms with van der Waals surface area (Å²) in [5.74, 6) is 2.51. The van der Waals surface area contributed by atoms with Crippen molar-refractivity contribution in [1.29, 1.82) is 0 Å². The highest BCUT2D eigenvalue weighted by Crippen LogP contribution is 2.49. The number of fused-ring (bicyclic) bond motifs is 3. The first kappa shape index (κ1) is 19.1. The van der Waals surface area contributed by atoms with Crippen LogP contribution in [0.1, 0.15) is 40.4 Å². The molecule has 0 saturated carbocycles. The van der Waals surface area contributed by atoms with Crippen LogP contribution in [0.5, 0.6) is 11.5 Å². The molecule has 1 unspecified atom stereocenters. The number of aromatic nitrogens is 2. The lowest BCUT2D eigenvalue weighted by Gasteiger charge is -2.39. The first-order chi connectivity index (χ1) is 15.8. The minimum atomic E-state index is 0.0824. The second-order valence-electron chi connectivity index (χ2n) is 8.46. The third-order valence-corrected chi connectivity index (χ3v) is 6.89. The van der Waals surface area contributed by atoms with Crippen molar-refractivity contribution >= 4 is 17.5 Å². The summed E-state index contributed by atoms with van der Waals surface area (Å²) in [4.78, 5) is 11.7. The first-order valence-corrected chi connectivity index (χ1v) is 11.1. The van der Waals surface area contributed by atoms with E-state index in [4.69, 9.17) is 14.5 Å². The Bertz CT molecular complexity index is 1280. The maximum absolute atomic E-state index is 5.66. The van der Waals surface area contributed by atoms with E-state index in [-0.39, 0.29) is 6.04 Å². The molecule has 1 atom stereocenters. The maximum Gasteiger partial charge on any atom is 0.161 e. The second-order valence-corrected chi connectivity index (χ2v) is 8.46. The van der Waals surface area contributed by atoms with Crippen molar-refractivity contribution in [2.45, 2.75) is 25.3 Å². The van der Waals surface area contributed by atoms with E-state index in [9.17, 15) is 0 Å². The monoisotopic (exact) mass is 423 g/mol. The zero-order valence-electron chi connectivity index (χ0n) is 18.3. The molecule has 1 aliphatic heterocycles. The molecule has 0 spiro atoms. The van der Waals surface area contributed by atoms with Gasteiger partial charge < -0.3 is 14.4 Å². The molecule has 2 heterocycles. The maximum atomic E-state index is 5.66. The molecule has 0 radical (unpaired) electrons. The topological polar surface area (TPSA) is 47.5 Å². The zero-order valence-corrected chi connectivity index (χ0v) is 18.3. The van der Waals surface area contributed by atoms with Crippen molar-refractivity contribution in [3.63, 3.8) is 0 Å². The molecule has 5 heteroatoms. The van der Waals surface area contributed by atoms with Crippen LogP contribution in [0, 0.1) is 0 Å². The lowest BCUT2D eigenvalue weighted by Crippen LogP contribution is -2.36. The second kappa shape index (κ2) is 7.52. The average molecular weight is 424 g/mol. The van der Waals surface area contributed by atoms with Crippen LogP contribution >= 0.6 is 0 Å². The molecule has 3 aliphatic rings. The van der Waals surface area contributed by atoms with E-state index < -0.39 is 0 Å². The van der Waals surface area contributed by atoms with Crippen LogP contribution < -0.4 is 14.4 Å². The molecular weight excluding hydrogens is 398 g/mol. The van der Waals surface area contributed by atoms with E-state index in [1.165, 1.54) is 27.8 Å². The van der Waals surface area contributed by atoms with E-state index in [2.05, 4.69) is 58.4 Å². The van der Waals surface area contributed by atoms with Crippen molar-refractivity contribution < 1.29 is 9.47 Å². The summed E-state index contributed by atoms with van der Waals surface area (Å²) < 4.78 is 11.2. The minimum Gasteiger partial charge on any atom is -0.493 e. The van der Waals surface area contributed by atoms with Gasteiger partial charge in [-0.3, -0.25) is 0 Å². The summed E-state index contributed by atoms with van der Waals surface area (Å²) in [6.45, 7) is 0.906. The van der Waals surface area contributed by atoms with Crippen LogP contribution in [0.15, 0.2) is 60.4 Å². The number of benzene rings is 2. The molecule has 0 amide bonds. The molecule has 160 valence electrons. The summed E-state index contributed by atoms with van der Waals surface area (Å²) in [6, 6.07) is 15.2. The Labute approximate surface area is 188 Å². The first-order valence-electron chi connectivity index (χ1n) is 11.1. The van der Waals surface area contributed by atoms with Gasteiger partial charge in [0.15, 0.2) is 11.5 Å². The summed E-state index contributed by atoms with van der Waals surface area (Å²) in [7, 11) is 3.37. The molecular formula is C27H25N3O2. The highest BCUT2D eigenvalue weighted by atomic mass is 16.5. The van der Waals surface area contributed by atoms with Crippen LogP contribution in [-0.4, -0.2) is 30.7 Å². The van der Waals surface area contributed by atoms with E-state index in [0.29, 0.717) is 0 Å². The molecule has 0 fully saturated rings. The Hall–Kier alpha value is -3.60. The molecule has 0 saturated heterocycles. The Balaban J connectivity index is 1.53. The van der Waals surface area contributed by atoms with Crippen molar-refractivity contribution in [2.75, 3.05) is 25.7 Å². The highest BCUT2D eigenvalue weighted by molar-refractivity contribution is 5.81. The van der Waals surface area contributed by atoms with Gasteiger partial charge in [-0.15, -0.1) is 0 Å². The number of anilines is 1. The van der Waals surface area contributed by atoms with Crippen LogP contribution in [0.3, 0.4) is 0 Å². The van der Waals surface area contributed by atoms with Crippen molar-refractivity contribution in [1.82, 2.24) is 9.97 Å². The summed E-state index contributed by atoms with van der Waals surface area (Å²) in [5.41, 5.74) is 9.21. The fraction of sp³-hybridized carbons (Fsp3) is 0.259. The third-order valence-electron chi connectivity index (χ3n) is 6.89. The summed E-state index contributed by atoms with van der Waals surface area (Å²) >= 11 is 0. The Morgan fingerprint density at radius 1 is 1.00 bits per heavy atom. The van der Waals surface area contributed by atoms with Crippen LogP contribution in [0.2, 0.25) is 0 Å². The van der Waals surface area contributed by atoms with Gasteiger partial charge in [-0.25, -0.2) is 9.97 Å². The normalized spacial score (nSPS) is 18.4. The molecule has 32 heavy (non-hydrogen) atoms. The third kappa shape index (κ3) is 2.84. The average Bonchev–Trinajstić information content (AvgIpc) is 3.47. The molecule has 5 nitrogen and oxygen atoms in total.